The molecule has 1 aromatic carbocycles. The molecule has 0 spiro atoms. The summed E-state index contributed by atoms with van der Waals surface area (Å²) in [6.45, 7) is 0.319. The summed E-state index contributed by atoms with van der Waals surface area (Å²) in [5.74, 6) is -0.0142. The number of methoxy groups -OCH3 is 2. The fourth-order valence-electron chi connectivity index (χ4n) is 1.52. The lowest BCUT2D eigenvalue weighted by Crippen LogP contribution is -2.33. The molecule has 0 aliphatic carbocycles. The Kier molecular flexibility index (Phi) is 6.21. The molecule has 0 heterocycles. The van der Waals surface area contributed by atoms with Crippen LogP contribution in [0.25, 0.3) is 0 Å². The highest BCUT2D eigenvalue weighted by molar-refractivity contribution is 7.90. The molecular formula is C11H18N4O5S. The highest BCUT2D eigenvalue weighted by atomic mass is 32.2. The summed E-state index contributed by atoms with van der Waals surface area (Å²) >= 11 is 0. The second kappa shape index (κ2) is 7.67. The van der Waals surface area contributed by atoms with Gasteiger partial charge >= 0.3 is 0 Å². The zero-order valence-electron chi connectivity index (χ0n) is 11.7. The van der Waals surface area contributed by atoms with E-state index in [2.05, 4.69) is 14.6 Å². The van der Waals surface area contributed by atoms with Crippen molar-refractivity contribution in [3.8, 4) is 5.75 Å². The van der Waals surface area contributed by atoms with Gasteiger partial charge in [-0.15, -0.1) is 0 Å². The van der Waals surface area contributed by atoms with E-state index in [1.54, 1.807) is 12.1 Å². The van der Waals surface area contributed by atoms with Crippen LogP contribution >= 0.6 is 0 Å². The number of amidine groups is 1. The zero-order chi connectivity index (χ0) is 15.9. The molecule has 10 heteroatoms. The van der Waals surface area contributed by atoms with Crippen LogP contribution in [0, 0.1) is 0 Å². The minimum absolute atomic E-state index is 0.0696. The third-order valence-corrected chi connectivity index (χ3v) is 3.52. The van der Waals surface area contributed by atoms with Gasteiger partial charge in [-0.1, -0.05) is 11.2 Å². The van der Waals surface area contributed by atoms with Crippen LogP contribution in [0.5, 0.6) is 5.75 Å². The van der Waals surface area contributed by atoms with E-state index in [1.165, 1.54) is 20.3 Å². The Labute approximate surface area is 122 Å². The highest BCUT2D eigenvalue weighted by Gasteiger charge is 2.18. The number of nitrogens with one attached hydrogen (secondary N) is 2. The summed E-state index contributed by atoms with van der Waals surface area (Å²) in [6, 6.07) is 4.62. The van der Waals surface area contributed by atoms with Gasteiger partial charge in [-0.25, -0.2) is 0 Å². The first-order valence-electron chi connectivity index (χ1n) is 5.86. The summed E-state index contributed by atoms with van der Waals surface area (Å²) in [5.41, 5.74) is 5.79. The third kappa shape index (κ3) is 4.77. The molecule has 0 unspecified atom stereocenters. The average Bonchev–Trinajstić information content (AvgIpc) is 2.46. The molecule has 0 saturated carbocycles. The van der Waals surface area contributed by atoms with Crippen molar-refractivity contribution in [3.05, 3.63) is 23.8 Å². The van der Waals surface area contributed by atoms with Gasteiger partial charge in [0.05, 0.1) is 13.7 Å². The van der Waals surface area contributed by atoms with Crippen LogP contribution in [0.4, 0.5) is 5.69 Å². The molecule has 0 amide bonds. The number of nitrogens with two attached hydrogens (primary N) is 1. The number of benzene rings is 1. The van der Waals surface area contributed by atoms with Crippen molar-refractivity contribution in [1.29, 1.82) is 0 Å². The lowest BCUT2D eigenvalue weighted by Gasteiger charge is -2.15. The smallest absolute Gasteiger partial charge is 0.299 e. The molecule has 1 rings (SSSR count). The fourth-order valence-corrected chi connectivity index (χ4v) is 2.43. The van der Waals surface area contributed by atoms with Crippen LogP contribution in [0.15, 0.2) is 23.4 Å². The molecule has 0 aromatic heterocycles. The van der Waals surface area contributed by atoms with E-state index in [1.807, 2.05) is 0 Å². The summed E-state index contributed by atoms with van der Waals surface area (Å²) < 4.78 is 38.3. The maximum atomic E-state index is 11.9. The van der Waals surface area contributed by atoms with Crippen molar-refractivity contribution in [1.82, 2.24) is 4.72 Å². The van der Waals surface area contributed by atoms with Crippen molar-refractivity contribution >= 4 is 21.7 Å². The van der Waals surface area contributed by atoms with Crippen LogP contribution in [0.2, 0.25) is 0 Å². The minimum Gasteiger partial charge on any atom is -0.495 e. The predicted molar refractivity (Wildman–Crippen MR) is 77.9 cm³/mol. The van der Waals surface area contributed by atoms with Gasteiger partial charge in [0, 0.05) is 19.2 Å². The van der Waals surface area contributed by atoms with Crippen LogP contribution in [0.3, 0.4) is 0 Å². The third-order valence-electron chi connectivity index (χ3n) is 2.46. The number of ether oxygens (including phenoxy) is 2. The molecule has 0 aliphatic rings. The van der Waals surface area contributed by atoms with E-state index in [9.17, 15) is 8.42 Å². The molecule has 9 nitrogen and oxygen atoms in total. The van der Waals surface area contributed by atoms with Gasteiger partial charge in [0.1, 0.15) is 11.4 Å². The van der Waals surface area contributed by atoms with Crippen molar-refractivity contribution in [3.63, 3.8) is 0 Å². The molecule has 1 aromatic rings. The van der Waals surface area contributed by atoms with E-state index in [-0.39, 0.29) is 36.0 Å². The summed E-state index contributed by atoms with van der Waals surface area (Å²) in [7, 11) is -1.02. The predicted octanol–water partition coefficient (Wildman–Crippen LogP) is -0.318. The van der Waals surface area contributed by atoms with Gasteiger partial charge in [-0.05, 0) is 12.1 Å². The van der Waals surface area contributed by atoms with E-state index in [0.717, 1.165) is 0 Å². The van der Waals surface area contributed by atoms with E-state index in [4.69, 9.17) is 20.4 Å². The lowest BCUT2D eigenvalue weighted by atomic mass is 10.1. The van der Waals surface area contributed by atoms with Gasteiger partial charge in [0.25, 0.3) is 10.2 Å². The monoisotopic (exact) mass is 318 g/mol. The van der Waals surface area contributed by atoms with Crippen molar-refractivity contribution in [2.45, 2.75) is 0 Å². The van der Waals surface area contributed by atoms with Crippen LogP contribution < -0.4 is 19.9 Å². The maximum Gasteiger partial charge on any atom is 0.299 e. The Morgan fingerprint density at radius 2 is 2.14 bits per heavy atom. The number of hydrogen-bond donors (Lipinski definition) is 4. The number of hydrogen-bond acceptors (Lipinski definition) is 6. The number of para-hydroxylation sites is 1. The molecule has 0 saturated heterocycles. The Bertz CT molecular complexity index is 603. The van der Waals surface area contributed by atoms with E-state index >= 15 is 0 Å². The summed E-state index contributed by atoms with van der Waals surface area (Å²) in [6.07, 6.45) is 0. The van der Waals surface area contributed by atoms with Gasteiger partial charge in [-0.2, -0.15) is 13.1 Å². The minimum atomic E-state index is -3.86. The largest absolute Gasteiger partial charge is 0.495 e. The fraction of sp³-hybridized carbons (Fsp3) is 0.364. The molecular weight excluding hydrogens is 300 g/mol. The van der Waals surface area contributed by atoms with Crippen molar-refractivity contribution < 1.29 is 23.1 Å². The quantitative estimate of drug-likeness (QED) is 0.171. The standard InChI is InChI=1S/C11H18N4O5S/c1-19-7-6-13-21(17,18)15-10-8(11(12)14-16)4-3-5-9(10)20-2/h3-5,13,15-16H,6-7H2,1-2H3,(H2,12,14). The second-order valence-electron chi connectivity index (χ2n) is 3.86. The lowest BCUT2D eigenvalue weighted by molar-refractivity contribution is 0.204. The Morgan fingerprint density at radius 1 is 1.43 bits per heavy atom. The SMILES string of the molecule is COCCNS(=O)(=O)Nc1c(OC)cccc1/C(N)=N/O. The van der Waals surface area contributed by atoms with Crippen LogP contribution in [-0.2, 0) is 14.9 Å². The molecule has 0 atom stereocenters. The topological polar surface area (TPSA) is 135 Å². The average molecular weight is 318 g/mol. The molecule has 0 fully saturated rings. The Morgan fingerprint density at radius 3 is 2.71 bits per heavy atom. The molecule has 118 valence electrons. The molecule has 0 radical (unpaired) electrons. The molecule has 0 aliphatic heterocycles. The zero-order valence-corrected chi connectivity index (χ0v) is 12.5. The first-order valence-corrected chi connectivity index (χ1v) is 7.34. The van der Waals surface area contributed by atoms with Gasteiger partial charge in [-0.3, -0.25) is 4.72 Å². The van der Waals surface area contributed by atoms with Crippen molar-refractivity contribution in [2.24, 2.45) is 10.9 Å². The summed E-state index contributed by atoms with van der Waals surface area (Å²) in [4.78, 5) is 0. The molecule has 5 N–H and O–H groups in total. The molecule has 0 bridgehead atoms. The normalized spacial score (nSPS) is 12.2. The molecule has 21 heavy (non-hydrogen) atoms. The van der Waals surface area contributed by atoms with Crippen molar-refractivity contribution in [2.75, 3.05) is 32.1 Å². The van der Waals surface area contributed by atoms with E-state index in [0.29, 0.717) is 0 Å². The van der Waals surface area contributed by atoms with Gasteiger partial charge in [0.15, 0.2) is 5.84 Å². The second-order valence-corrected chi connectivity index (χ2v) is 5.36. The summed E-state index contributed by atoms with van der Waals surface area (Å²) in [5, 5.41) is 11.6. The van der Waals surface area contributed by atoms with Crippen LogP contribution in [0.1, 0.15) is 5.56 Å². The number of oxime groups is 1. The number of rotatable bonds is 8. The maximum absolute atomic E-state index is 11.9. The first kappa shape index (κ1) is 17.0. The highest BCUT2D eigenvalue weighted by Crippen LogP contribution is 2.28. The Balaban J connectivity index is 3.11. The van der Waals surface area contributed by atoms with Gasteiger partial charge in [0.2, 0.25) is 0 Å². The Hall–Kier alpha value is -2.04. The number of anilines is 1. The van der Waals surface area contributed by atoms with Crippen LogP contribution in [-0.4, -0.2) is 46.8 Å². The van der Waals surface area contributed by atoms with Gasteiger partial charge < -0.3 is 20.4 Å². The first-order chi connectivity index (χ1) is 9.95. The van der Waals surface area contributed by atoms with E-state index < -0.39 is 10.2 Å². The number of nitrogens with zero attached hydrogens (tertiary/aromatic N) is 1.